The molecule has 1 unspecified atom stereocenters. The van der Waals surface area contributed by atoms with E-state index in [4.69, 9.17) is 4.74 Å². The zero-order valence-electron chi connectivity index (χ0n) is 19.9. The number of aliphatic hydroxyl groups excluding tert-OH is 1. The molecule has 4 rings (SSSR count). The number of fused-ring (bicyclic) bond motifs is 2. The van der Waals surface area contributed by atoms with Gasteiger partial charge in [0, 0.05) is 24.2 Å². The summed E-state index contributed by atoms with van der Waals surface area (Å²) < 4.78 is 5.19. The lowest BCUT2D eigenvalue weighted by Gasteiger charge is -2.34. The molecule has 2 heterocycles. The molecule has 1 N–H and O–H groups in total. The van der Waals surface area contributed by atoms with E-state index in [1.54, 1.807) is 47.4 Å². The van der Waals surface area contributed by atoms with Crippen molar-refractivity contribution in [2.24, 2.45) is 0 Å². The van der Waals surface area contributed by atoms with Crippen LogP contribution in [-0.4, -0.2) is 73.3 Å². The van der Waals surface area contributed by atoms with Crippen LogP contribution in [0.2, 0.25) is 0 Å². The van der Waals surface area contributed by atoms with Crippen molar-refractivity contribution >= 4 is 29.0 Å². The van der Waals surface area contributed by atoms with E-state index in [-0.39, 0.29) is 17.9 Å². The Morgan fingerprint density at radius 3 is 2.35 bits per heavy atom. The number of methoxy groups -OCH3 is 1. The number of aliphatic hydroxyl groups is 1. The molecule has 8 nitrogen and oxygen atoms in total. The molecule has 8 heteroatoms. The van der Waals surface area contributed by atoms with Crippen molar-refractivity contribution < 1.29 is 24.2 Å². The molecule has 0 saturated carbocycles. The van der Waals surface area contributed by atoms with Gasteiger partial charge in [-0.3, -0.25) is 14.4 Å². The van der Waals surface area contributed by atoms with Crippen molar-refractivity contribution in [3.63, 3.8) is 0 Å². The Bertz CT molecular complexity index is 1170. The molecule has 1 saturated heterocycles. The van der Waals surface area contributed by atoms with Gasteiger partial charge in [0.05, 0.1) is 18.4 Å². The number of carbonyl (C=O) groups is 3. The number of para-hydroxylation sites is 1. The number of hydrogen-bond donors (Lipinski definition) is 1. The van der Waals surface area contributed by atoms with Crippen molar-refractivity contribution in [1.29, 1.82) is 0 Å². The molecule has 178 valence electrons. The minimum absolute atomic E-state index is 0.194. The van der Waals surface area contributed by atoms with Crippen LogP contribution >= 0.6 is 0 Å². The highest BCUT2D eigenvalue weighted by Crippen LogP contribution is 2.53. The van der Waals surface area contributed by atoms with Gasteiger partial charge in [-0.2, -0.15) is 0 Å². The van der Waals surface area contributed by atoms with Gasteiger partial charge in [0.25, 0.3) is 17.6 Å². The molecule has 2 aliphatic rings. The number of hydrogen-bond acceptors (Lipinski definition) is 6. The van der Waals surface area contributed by atoms with E-state index >= 15 is 0 Å². The highest BCUT2D eigenvalue weighted by molar-refractivity contribution is 6.50. The maximum Gasteiger partial charge on any atom is 0.296 e. The first-order chi connectivity index (χ1) is 16.3. The van der Waals surface area contributed by atoms with Crippen LogP contribution in [0.5, 0.6) is 5.75 Å². The van der Waals surface area contributed by atoms with Gasteiger partial charge in [-0.25, -0.2) is 0 Å². The van der Waals surface area contributed by atoms with E-state index in [9.17, 15) is 19.5 Å². The van der Waals surface area contributed by atoms with Crippen LogP contribution < -0.4 is 9.64 Å². The summed E-state index contributed by atoms with van der Waals surface area (Å²) in [6.07, 6.45) is 0.561. The summed E-state index contributed by atoms with van der Waals surface area (Å²) >= 11 is 0. The number of anilines is 1. The molecular weight excluding hydrogens is 434 g/mol. The number of ether oxygens (including phenoxy) is 1. The van der Waals surface area contributed by atoms with Crippen LogP contribution in [0, 0.1) is 0 Å². The van der Waals surface area contributed by atoms with E-state index < -0.39 is 23.1 Å². The number of benzene rings is 2. The van der Waals surface area contributed by atoms with Gasteiger partial charge in [-0.1, -0.05) is 18.2 Å². The summed E-state index contributed by atoms with van der Waals surface area (Å²) in [6, 6.07) is 13.7. The molecule has 34 heavy (non-hydrogen) atoms. The third-order valence-corrected chi connectivity index (χ3v) is 6.48. The fourth-order valence-corrected chi connectivity index (χ4v) is 4.92. The Balaban J connectivity index is 1.98. The van der Waals surface area contributed by atoms with E-state index in [0.29, 0.717) is 42.1 Å². The molecule has 2 aromatic rings. The Kier molecular flexibility index (Phi) is 6.18. The van der Waals surface area contributed by atoms with Crippen LogP contribution in [0.1, 0.15) is 24.5 Å². The zero-order valence-corrected chi connectivity index (χ0v) is 19.9. The number of carbonyl (C=O) groups excluding carboxylic acids is 3. The smallest absolute Gasteiger partial charge is 0.296 e. The van der Waals surface area contributed by atoms with Gasteiger partial charge in [0.2, 0.25) is 0 Å². The highest BCUT2D eigenvalue weighted by atomic mass is 16.5. The maximum atomic E-state index is 14.1. The fourth-order valence-electron chi connectivity index (χ4n) is 4.92. The van der Waals surface area contributed by atoms with Crippen LogP contribution in [0.15, 0.2) is 54.1 Å². The van der Waals surface area contributed by atoms with Crippen molar-refractivity contribution in [3.8, 4) is 5.75 Å². The standard InChI is InChI=1S/C26H29N3O5/c1-5-28-20-10-7-6-9-19(20)26(25(28)33)21(22(30)17-11-13-18(34-4)14-12-17)23(31)24(32)29(26)16-8-15-27(2)3/h6-7,9-14,30H,5,8,15-16H2,1-4H3. The van der Waals surface area contributed by atoms with Gasteiger partial charge in [-0.05, 0) is 64.3 Å². The molecule has 1 fully saturated rings. The van der Waals surface area contributed by atoms with Gasteiger partial charge in [0.1, 0.15) is 11.5 Å². The largest absolute Gasteiger partial charge is 0.507 e. The average molecular weight is 464 g/mol. The normalized spacial score (nSPS) is 21.1. The fraction of sp³-hybridized carbons (Fsp3) is 0.346. The Morgan fingerprint density at radius 2 is 1.74 bits per heavy atom. The number of ketones is 1. The Morgan fingerprint density at radius 1 is 1.06 bits per heavy atom. The van der Waals surface area contributed by atoms with Crippen molar-refractivity contribution in [2.75, 3.05) is 45.7 Å². The summed E-state index contributed by atoms with van der Waals surface area (Å²) in [4.78, 5) is 45.8. The second-order valence-electron chi connectivity index (χ2n) is 8.67. The summed E-state index contributed by atoms with van der Waals surface area (Å²) in [5, 5.41) is 11.4. The first-order valence-corrected chi connectivity index (χ1v) is 11.3. The Labute approximate surface area is 199 Å². The molecular formula is C26H29N3O5. The average Bonchev–Trinajstić information content (AvgIpc) is 3.21. The molecule has 0 bridgehead atoms. The summed E-state index contributed by atoms with van der Waals surface area (Å²) in [5.74, 6) is -1.85. The number of likely N-dealkylation sites (N-methyl/N-ethyl adjacent to an activating group) is 1. The predicted octanol–water partition coefficient (Wildman–Crippen LogP) is 2.59. The first-order valence-electron chi connectivity index (χ1n) is 11.3. The Hall–Kier alpha value is -3.65. The lowest BCUT2D eigenvalue weighted by atomic mass is 9.82. The predicted molar refractivity (Wildman–Crippen MR) is 129 cm³/mol. The summed E-state index contributed by atoms with van der Waals surface area (Å²) in [6.45, 7) is 3.07. The maximum absolute atomic E-state index is 14.1. The SMILES string of the molecule is CCN1C(=O)C2(C(=C(O)c3ccc(OC)cc3)C(=O)C(=O)N2CCCN(C)C)c2ccccc21. The highest BCUT2D eigenvalue weighted by Gasteiger charge is 2.66. The molecule has 1 atom stereocenters. The lowest BCUT2D eigenvalue weighted by molar-refractivity contribution is -0.143. The third-order valence-electron chi connectivity index (χ3n) is 6.48. The van der Waals surface area contributed by atoms with Crippen molar-refractivity contribution in [3.05, 3.63) is 65.2 Å². The number of rotatable bonds is 7. The van der Waals surface area contributed by atoms with Crippen LogP contribution in [0.25, 0.3) is 5.76 Å². The number of likely N-dealkylation sites (tertiary alicyclic amines) is 1. The van der Waals surface area contributed by atoms with Crippen LogP contribution in [0.4, 0.5) is 5.69 Å². The summed E-state index contributed by atoms with van der Waals surface area (Å²) in [5.41, 5.74) is -0.416. The van der Waals surface area contributed by atoms with E-state index in [2.05, 4.69) is 0 Å². The third kappa shape index (κ3) is 3.37. The summed E-state index contributed by atoms with van der Waals surface area (Å²) in [7, 11) is 5.37. The van der Waals surface area contributed by atoms with E-state index in [1.807, 2.05) is 32.0 Å². The molecule has 2 amide bonds. The van der Waals surface area contributed by atoms with Crippen molar-refractivity contribution in [1.82, 2.24) is 9.80 Å². The molecule has 2 aromatic carbocycles. The van der Waals surface area contributed by atoms with E-state index in [1.165, 1.54) is 12.0 Å². The van der Waals surface area contributed by atoms with Gasteiger partial charge in [-0.15, -0.1) is 0 Å². The number of amides is 2. The second-order valence-corrected chi connectivity index (χ2v) is 8.67. The molecule has 0 aliphatic carbocycles. The monoisotopic (exact) mass is 463 g/mol. The topological polar surface area (TPSA) is 90.4 Å². The number of Topliss-reactive ketones (excluding diaryl/α,β-unsaturated/α-hetero) is 1. The molecule has 0 aromatic heterocycles. The number of nitrogens with zero attached hydrogens (tertiary/aromatic N) is 3. The molecule has 2 aliphatic heterocycles. The molecule has 1 spiro atoms. The quantitative estimate of drug-likeness (QED) is 0.386. The lowest BCUT2D eigenvalue weighted by Crippen LogP contribution is -2.52. The van der Waals surface area contributed by atoms with Gasteiger partial charge >= 0.3 is 0 Å². The van der Waals surface area contributed by atoms with Gasteiger partial charge < -0.3 is 24.5 Å². The van der Waals surface area contributed by atoms with Gasteiger partial charge in [0.15, 0.2) is 5.54 Å². The van der Waals surface area contributed by atoms with Crippen molar-refractivity contribution in [2.45, 2.75) is 18.9 Å². The van der Waals surface area contributed by atoms with E-state index in [0.717, 1.165) is 0 Å². The van der Waals surface area contributed by atoms with Crippen LogP contribution in [0.3, 0.4) is 0 Å². The minimum Gasteiger partial charge on any atom is -0.507 e. The minimum atomic E-state index is -1.71. The van der Waals surface area contributed by atoms with Crippen LogP contribution in [-0.2, 0) is 19.9 Å². The first kappa shape index (κ1) is 23.5. The second kappa shape index (κ2) is 8.95. The zero-order chi connectivity index (χ0) is 24.6. The molecule has 0 radical (unpaired) electrons.